The summed E-state index contributed by atoms with van der Waals surface area (Å²) in [4.78, 5) is 26.1. The molecule has 4 rings (SSSR count). The van der Waals surface area contributed by atoms with E-state index in [1.54, 1.807) is 18.3 Å². The Balaban J connectivity index is 1.48. The maximum absolute atomic E-state index is 12.9. The fourth-order valence-corrected chi connectivity index (χ4v) is 3.89. The average Bonchev–Trinajstić information content (AvgIpc) is 2.74. The van der Waals surface area contributed by atoms with Crippen molar-refractivity contribution >= 4 is 11.8 Å². The van der Waals surface area contributed by atoms with Gasteiger partial charge in [-0.25, -0.2) is 4.98 Å². The maximum Gasteiger partial charge on any atom is 0.416 e. The van der Waals surface area contributed by atoms with Crippen molar-refractivity contribution in [3.63, 3.8) is 0 Å². The van der Waals surface area contributed by atoms with Gasteiger partial charge >= 0.3 is 6.18 Å². The molecule has 3 heterocycles. The van der Waals surface area contributed by atoms with Gasteiger partial charge < -0.3 is 4.98 Å². The van der Waals surface area contributed by atoms with Crippen LogP contribution >= 0.6 is 11.8 Å². The van der Waals surface area contributed by atoms with E-state index in [-0.39, 0.29) is 5.56 Å². The first-order valence-electron chi connectivity index (χ1n) is 9.34. The molecule has 2 aromatic heterocycles. The number of hydrogen-bond acceptors (Lipinski definition) is 5. The molecule has 9 heteroatoms. The maximum atomic E-state index is 12.9. The molecule has 0 saturated heterocycles. The van der Waals surface area contributed by atoms with E-state index in [0.717, 1.165) is 29.9 Å². The summed E-state index contributed by atoms with van der Waals surface area (Å²) >= 11 is 1.41. The van der Waals surface area contributed by atoms with Gasteiger partial charge in [-0.1, -0.05) is 30.0 Å². The van der Waals surface area contributed by atoms with Crippen LogP contribution in [0.3, 0.4) is 0 Å². The zero-order valence-corrected chi connectivity index (χ0v) is 17.0. The lowest BCUT2D eigenvalue weighted by molar-refractivity contribution is -0.137. The van der Waals surface area contributed by atoms with E-state index in [4.69, 9.17) is 0 Å². The molecule has 0 fully saturated rings. The first-order chi connectivity index (χ1) is 14.3. The van der Waals surface area contributed by atoms with Gasteiger partial charge in [0.2, 0.25) is 0 Å². The van der Waals surface area contributed by atoms with Crippen molar-refractivity contribution < 1.29 is 13.2 Å². The molecule has 3 aromatic rings. The van der Waals surface area contributed by atoms with Crippen LogP contribution in [0.4, 0.5) is 13.2 Å². The predicted octanol–water partition coefficient (Wildman–Crippen LogP) is 4.13. The summed E-state index contributed by atoms with van der Waals surface area (Å²) in [6.45, 7) is 1.87. The molecule has 5 nitrogen and oxygen atoms in total. The average molecular weight is 432 g/mol. The number of aromatic nitrogens is 3. The molecular formula is C21H19F3N4OS. The van der Waals surface area contributed by atoms with E-state index in [0.29, 0.717) is 41.5 Å². The molecule has 1 aliphatic rings. The van der Waals surface area contributed by atoms with Crippen molar-refractivity contribution in [3.05, 3.63) is 75.3 Å². The SMILES string of the molecule is CSc1nc2c(c(=O)[nH]1)CN(Cc1ccc(-c3cccc(C(F)(F)F)c3)nc1)CC2. The molecule has 0 radical (unpaired) electrons. The summed E-state index contributed by atoms with van der Waals surface area (Å²) in [6.07, 6.45) is -0.146. The highest BCUT2D eigenvalue weighted by Crippen LogP contribution is 2.31. The summed E-state index contributed by atoms with van der Waals surface area (Å²) in [6, 6.07) is 8.73. The summed E-state index contributed by atoms with van der Waals surface area (Å²) in [5, 5.41) is 0.626. The molecular weight excluding hydrogens is 413 g/mol. The third kappa shape index (κ3) is 4.41. The van der Waals surface area contributed by atoms with E-state index in [1.807, 2.05) is 12.3 Å². The number of thioether (sulfide) groups is 1. The van der Waals surface area contributed by atoms with Gasteiger partial charge in [0, 0.05) is 37.8 Å². The molecule has 0 spiro atoms. The van der Waals surface area contributed by atoms with Crippen LogP contribution in [0.2, 0.25) is 0 Å². The number of pyridine rings is 1. The Morgan fingerprint density at radius 3 is 2.77 bits per heavy atom. The lowest BCUT2D eigenvalue weighted by atomic mass is 10.1. The van der Waals surface area contributed by atoms with E-state index in [1.165, 1.54) is 17.8 Å². The highest BCUT2D eigenvalue weighted by molar-refractivity contribution is 7.98. The lowest BCUT2D eigenvalue weighted by Gasteiger charge is -2.27. The summed E-state index contributed by atoms with van der Waals surface area (Å²) in [5.41, 5.74) is 2.57. The quantitative estimate of drug-likeness (QED) is 0.496. The molecule has 1 N–H and O–H groups in total. The molecule has 1 aliphatic heterocycles. The van der Waals surface area contributed by atoms with Gasteiger partial charge in [0.05, 0.1) is 22.5 Å². The summed E-state index contributed by atoms with van der Waals surface area (Å²) in [7, 11) is 0. The summed E-state index contributed by atoms with van der Waals surface area (Å²) in [5.74, 6) is 0. The molecule has 0 aliphatic carbocycles. The second-order valence-electron chi connectivity index (χ2n) is 7.09. The van der Waals surface area contributed by atoms with Gasteiger partial charge in [-0.2, -0.15) is 13.2 Å². The highest BCUT2D eigenvalue weighted by atomic mass is 32.2. The normalized spacial score (nSPS) is 14.5. The molecule has 156 valence electrons. The van der Waals surface area contributed by atoms with Crippen LogP contribution in [0.25, 0.3) is 11.3 Å². The van der Waals surface area contributed by atoms with Crippen LogP contribution < -0.4 is 5.56 Å². The number of aromatic amines is 1. The first-order valence-corrected chi connectivity index (χ1v) is 10.6. The Bertz CT molecular complexity index is 1110. The van der Waals surface area contributed by atoms with Crippen molar-refractivity contribution in [2.45, 2.75) is 30.8 Å². The van der Waals surface area contributed by atoms with E-state index < -0.39 is 11.7 Å². The van der Waals surface area contributed by atoms with Crippen molar-refractivity contribution in [1.82, 2.24) is 19.9 Å². The van der Waals surface area contributed by atoms with Crippen LogP contribution in [0.15, 0.2) is 52.5 Å². The second kappa shape index (κ2) is 8.23. The highest BCUT2D eigenvalue weighted by Gasteiger charge is 2.30. The minimum Gasteiger partial charge on any atom is -0.301 e. The van der Waals surface area contributed by atoms with Crippen LogP contribution in [-0.4, -0.2) is 32.7 Å². The lowest BCUT2D eigenvalue weighted by Crippen LogP contribution is -2.35. The number of alkyl halides is 3. The van der Waals surface area contributed by atoms with E-state index in [9.17, 15) is 18.0 Å². The van der Waals surface area contributed by atoms with Crippen molar-refractivity contribution in [2.75, 3.05) is 12.8 Å². The van der Waals surface area contributed by atoms with Gasteiger partial charge in [-0.3, -0.25) is 14.7 Å². The zero-order chi connectivity index (χ0) is 21.3. The Morgan fingerprint density at radius 2 is 2.07 bits per heavy atom. The second-order valence-corrected chi connectivity index (χ2v) is 7.89. The monoisotopic (exact) mass is 432 g/mol. The minimum absolute atomic E-state index is 0.105. The number of hydrogen-bond donors (Lipinski definition) is 1. The smallest absolute Gasteiger partial charge is 0.301 e. The van der Waals surface area contributed by atoms with Gasteiger partial charge in [0.15, 0.2) is 5.16 Å². The van der Waals surface area contributed by atoms with E-state index >= 15 is 0 Å². The van der Waals surface area contributed by atoms with Crippen molar-refractivity contribution in [1.29, 1.82) is 0 Å². The standard InChI is InChI=1S/C21H19F3N4OS/c1-30-20-26-18-7-8-28(12-16(18)19(29)27-20)11-13-5-6-17(25-10-13)14-3-2-4-15(9-14)21(22,23)24/h2-6,9-10H,7-8,11-12H2,1H3,(H,26,27,29). The summed E-state index contributed by atoms with van der Waals surface area (Å²) < 4.78 is 38.8. The number of nitrogens with one attached hydrogen (secondary N) is 1. The van der Waals surface area contributed by atoms with Gasteiger partial charge in [-0.05, 0) is 30.0 Å². The largest absolute Gasteiger partial charge is 0.416 e. The fourth-order valence-electron chi connectivity index (χ4n) is 3.49. The first kappa shape index (κ1) is 20.6. The van der Waals surface area contributed by atoms with Crippen LogP contribution in [-0.2, 0) is 25.7 Å². The Labute approximate surface area is 175 Å². The number of nitrogens with zero attached hydrogens (tertiary/aromatic N) is 3. The van der Waals surface area contributed by atoms with E-state index in [2.05, 4.69) is 19.9 Å². The van der Waals surface area contributed by atoms with Gasteiger partial charge in [0.25, 0.3) is 5.56 Å². The molecule has 30 heavy (non-hydrogen) atoms. The number of fused-ring (bicyclic) bond motifs is 1. The zero-order valence-electron chi connectivity index (χ0n) is 16.2. The van der Waals surface area contributed by atoms with Crippen LogP contribution in [0.1, 0.15) is 22.4 Å². The number of halogens is 3. The Morgan fingerprint density at radius 1 is 1.23 bits per heavy atom. The third-order valence-corrected chi connectivity index (χ3v) is 5.62. The Kier molecular flexibility index (Phi) is 5.66. The van der Waals surface area contributed by atoms with Gasteiger partial charge in [-0.15, -0.1) is 0 Å². The minimum atomic E-state index is -4.39. The molecule has 0 unspecified atom stereocenters. The topological polar surface area (TPSA) is 61.9 Å². The molecule has 1 aromatic carbocycles. The molecule has 0 saturated carbocycles. The van der Waals surface area contributed by atoms with Crippen molar-refractivity contribution in [3.8, 4) is 11.3 Å². The van der Waals surface area contributed by atoms with Gasteiger partial charge in [0.1, 0.15) is 0 Å². The molecule has 0 bridgehead atoms. The number of rotatable bonds is 4. The molecule has 0 atom stereocenters. The van der Waals surface area contributed by atoms with Crippen LogP contribution in [0, 0.1) is 0 Å². The third-order valence-electron chi connectivity index (χ3n) is 5.04. The van der Waals surface area contributed by atoms with Crippen LogP contribution in [0.5, 0.6) is 0 Å². The number of H-pyrrole nitrogens is 1. The fraction of sp³-hybridized carbons (Fsp3) is 0.286. The van der Waals surface area contributed by atoms with Crippen molar-refractivity contribution in [2.24, 2.45) is 0 Å². The number of benzene rings is 1. The molecule has 0 amide bonds. The Hall–Kier alpha value is -2.65. The predicted molar refractivity (Wildman–Crippen MR) is 109 cm³/mol.